The minimum atomic E-state index is -0.460. The van der Waals surface area contributed by atoms with Gasteiger partial charge in [-0.1, -0.05) is 6.07 Å². The van der Waals surface area contributed by atoms with Gasteiger partial charge >= 0.3 is 13.6 Å². The van der Waals surface area contributed by atoms with Gasteiger partial charge in [-0.3, -0.25) is 4.98 Å². The number of nitrogens with two attached hydrogens (primary N) is 1. The number of nitrogens with one attached hydrogen (secondary N) is 1. The van der Waals surface area contributed by atoms with E-state index in [0.717, 1.165) is 37.0 Å². The average molecular weight is 333 g/mol. The standard InChI is InChI=1S/C17H28BN3O3/c1-17(2,3)24-16(22)21-14-8-7-12(10-14)9-13-5-4-6-15(20-13)18-23-11-19/h4-6,12,14,18H,7-11,19H2,1-3H3,(H,21,22)/t12-,14?/m0/s1. The molecule has 0 aliphatic heterocycles. The van der Waals surface area contributed by atoms with Crippen LogP contribution in [-0.4, -0.2) is 36.9 Å². The zero-order valence-corrected chi connectivity index (χ0v) is 14.9. The summed E-state index contributed by atoms with van der Waals surface area (Å²) >= 11 is 0. The van der Waals surface area contributed by atoms with E-state index >= 15 is 0 Å². The van der Waals surface area contributed by atoms with Crippen LogP contribution in [0.2, 0.25) is 0 Å². The summed E-state index contributed by atoms with van der Waals surface area (Å²) in [6.45, 7) is 5.82. The third-order valence-electron chi connectivity index (χ3n) is 3.99. The molecule has 0 aromatic carbocycles. The molecular formula is C17H28BN3O3. The lowest BCUT2D eigenvalue weighted by atomic mass is 9.93. The molecular weight excluding hydrogens is 305 g/mol. The van der Waals surface area contributed by atoms with Crippen molar-refractivity contribution < 1.29 is 14.2 Å². The van der Waals surface area contributed by atoms with Gasteiger partial charge in [0.1, 0.15) is 5.60 Å². The maximum atomic E-state index is 11.9. The lowest BCUT2D eigenvalue weighted by Gasteiger charge is -2.21. The van der Waals surface area contributed by atoms with Crippen molar-refractivity contribution in [3.05, 3.63) is 23.9 Å². The number of nitrogens with zero attached hydrogens (tertiary/aromatic N) is 1. The van der Waals surface area contributed by atoms with Gasteiger partial charge in [0.15, 0.2) is 0 Å². The second-order valence-corrected chi connectivity index (χ2v) is 7.36. The first-order valence-electron chi connectivity index (χ1n) is 8.58. The normalized spacial score (nSPS) is 20.7. The summed E-state index contributed by atoms with van der Waals surface area (Å²) in [5.41, 5.74) is 6.85. The molecule has 6 nitrogen and oxygen atoms in total. The van der Waals surface area contributed by atoms with Crippen LogP contribution in [0.4, 0.5) is 4.79 Å². The molecule has 0 spiro atoms. The monoisotopic (exact) mass is 333 g/mol. The van der Waals surface area contributed by atoms with E-state index in [1.807, 2.05) is 39.0 Å². The number of hydrogen-bond acceptors (Lipinski definition) is 5. The molecule has 2 rings (SSSR count). The van der Waals surface area contributed by atoms with Gasteiger partial charge in [-0.15, -0.1) is 0 Å². The summed E-state index contributed by atoms with van der Waals surface area (Å²) in [4.78, 5) is 16.5. The van der Waals surface area contributed by atoms with E-state index in [4.69, 9.17) is 15.1 Å². The Morgan fingerprint density at radius 1 is 1.42 bits per heavy atom. The van der Waals surface area contributed by atoms with Crippen molar-refractivity contribution in [3.8, 4) is 0 Å². The van der Waals surface area contributed by atoms with E-state index in [1.54, 1.807) is 0 Å². The number of aromatic nitrogens is 1. The summed E-state index contributed by atoms with van der Waals surface area (Å²) < 4.78 is 10.5. The minimum absolute atomic E-state index is 0.189. The van der Waals surface area contributed by atoms with E-state index in [2.05, 4.69) is 10.3 Å². The maximum Gasteiger partial charge on any atom is 0.407 e. The Morgan fingerprint density at radius 3 is 2.92 bits per heavy atom. The molecule has 7 heteroatoms. The van der Waals surface area contributed by atoms with Crippen LogP contribution in [0, 0.1) is 5.92 Å². The molecule has 132 valence electrons. The Balaban J connectivity index is 1.80. The van der Waals surface area contributed by atoms with Gasteiger partial charge in [0, 0.05) is 17.3 Å². The minimum Gasteiger partial charge on any atom is -0.444 e. The Kier molecular flexibility index (Phi) is 6.63. The Morgan fingerprint density at radius 2 is 2.21 bits per heavy atom. The highest BCUT2D eigenvalue weighted by atomic mass is 16.6. The fourth-order valence-corrected chi connectivity index (χ4v) is 3.05. The highest BCUT2D eigenvalue weighted by Gasteiger charge is 2.28. The third-order valence-corrected chi connectivity index (χ3v) is 3.99. The molecule has 1 saturated carbocycles. The maximum absolute atomic E-state index is 11.9. The van der Waals surface area contributed by atoms with Crippen molar-refractivity contribution in [2.75, 3.05) is 6.73 Å². The van der Waals surface area contributed by atoms with Crippen LogP contribution in [0.1, 0.15) is 45.7 Å². The van der Waals surface area contributed by atoms with Crippen molar-refractivity contribution in [1.29, 1.82) is 0 Å². The van der Waals surface area contributed by atoms with Crippen molar-refractivity contribution in [3.63, 3.8) is 0 Å². The van der Waals surface area contributed by atoms with Gasteiger partial charge in [-0.2, -0.15) is 0 Å². The quantitative estimate of drug-likeness (QED) is 0.604. The van der Waals surface area contributed by atoms with Gasteiger partial charge < -0.3 is 20.4 Å². The van der Waals surface area contributed by atoms with Gasteiger partial charge in [-0.25, -0.2) is 4.79 Å². The number of hydrogen-bond donors (Lipinski definition) is 2. The largest absolute Gasteiger partial charge is 0.444 e. The summed E-state index contributed by atoms with van der Waals surface area (Å²) in [6.07, 6.45) is 3.63. The lowest BCUT2D eigenvalue weighted by Crippen LogP contribution is -2.38. The first-order valence-corrected chi connectivity index (χ1v) is 8.58. The van der Waals surface area contributed by atoms with E-state index in [1.165, 1.54) is 0 Å². The van der Waals surface area contributed by atoms with Crippen LogP contribution >= 0.6 is 0 Å². The molecule has 1 aromatic heterocycles. The molecule has 1 heterocycles. The molecule has 1 amide bonds. The molecule has 0 bridgehead atoms. The molecule has 3 N–H and O–H groups in total. The van der Waals surface area contributed by atoms with Gasteiger partial charge in [0.25, 0.3) is 0 Å². The second kappa shape index (κ2) is 8.49. The van der Waals surface area contributed by atoms with Gasteiger partial charge in [0.05, 0.1) is 6.73 Å². The van der Waals surface area contributed by atoms with E-state index in [-0.39, 0.29) is 18.9 Å². The SMILES string of the molecule is CC(C)(C)OC(=O)NC1CC[C@@H](Cc2cccc(BOCN)n2)C1. The molecule has 2 atom stereocenters. The molecule has 1 unspecified atom stereocenters. The zero-order chi connectivity index (χ0) is 17.6. The first-order chi connectivity index (χ1) is 11.4. The van der Waals surface area contributed by atoms with Crippen LogP contribution < -0.4 is 16.6 Å². The Labute approximate surface area is 144 Å². The fraction of sp³-hybridized carbons (Fsp3) is 0.647. The predicted octanol–water partition coefficient (Wildman–Crippen LogP) is 1.23. The molecule has 1 aromatic rings. The number of amides is 1. The van der Waals surface area contributed by atoms with Crippen LogP contribution in [0.25, 0.3) is 0 Å². The van der Waals surface area contributed by atoms with Crippen LogP contribution in [0.3, 0.4) is 0 Å². The lowest BCUT2D eigenvalue weighted by molar-refractivity contribution is 0.0504. The smallest absolute Gasteiger partial charge is 0.407 e. The average Bonchev–Trinajstić information content (AvgIpc) is 2.90. The molecule has 0 radical (unpaired) electrons. The number of carbonyl (C=O) groups is 1. The molecule has 24 heavy (non-hydrogen) atoms. The fourth-order valence-electron chi connectivity index (χ4n) is 3.05. The summed E-state index contributed by atoms with van der Waals surface area (Å²) in [6, 6.07) is 6.18. The number of alkyl carbamates (subject to hydrolysis) is 1. The van der Waals surface area contributed by atoms with E-state index in [0.29, 0.717) is 13.4 Å². The van der Waals surface area contributed by atoms with Crippen LogP contribution in [0.5, 0.6) is 0 Å². The highest BCUT2D eigenvalue weighted by molar-refractivity contribution is 6.45. The zero-order valence-electron chi connectivity index (χ0n) is 14.9. The van der Waals surface area contributed by atoms with Crippen molar-refractivity contribution in [2.45, 2.75) is 58.1 Å². The predicted molar refractivity (Wildman–Crippen MR) is 95.4 cm³/mol. The summed E-state index contributed by atoms with van der Waals surface area (Å²) in [7, 11) is 0.442. The molecule has 1 aliphatic carbocycles. The van der Waals surface area contributed by atoms with Crippen molar-refractivity contribution >= 4 is 19.2 Å². The molecule has 0 saturated heterocycles. The number of pyridine rings is 1. The van der Waals surface area contributed by atoms with Crippen LogP contribution in [0.15, 0.2) is 18.2 Å². The number of carbonyl (C=O) groups excluding carboxylic acids is 1. The number of rotatable bonds is 6. The first kappa shape index (κ1) is 18.7. The summed E-state index contributed by atoms with van der Waals surface area (Å²) in [5, 5.41) is 2.98. The molecule has 1 aliphatic rings. The van der Waals surface area contributed by atoms with E-state index in [9.17, 15) is 4.79 Å². The molecule has 1 fully saturated rings. The van der Waals surface area contributed by atoms with Crippen molar-refractivity contribution in [2.24, 2.45) is 11.7 Å². The third kappa shape index (κ3) is 6.49. The highest BCUT2D eigenvalue weighted by Crippen LogP contribution is 2.28. The summed E-state index contributed by atoms with van der Waals surface area (Å²) in [5.74, 6) is 0.531. The Hall–Kier alpha value is -1.60. The van der Waals surface area contributed by atoms with Crippen LogP contribution in [-0.2, 0) is 15.8 Å². The van der Waals surface area contributed by atoms with Crippen molar-refractivity contribution in [1.82, 2.24) is 10.3 Å². The Bertz CT molecular complexity index is 548. The van der Waals surface area contributed by atoms with Gasteiger partial charge in [-0.05, 0) is 64.5 Å². The van der Waals surface area contributed by atoms with Gasteiger partial charge in [0.2, 0.25) is 0 Å². The number of ether oxygens (including phenoxy) is 1. The van der Waals surface area contributed by atoms with E-state index < -0.39 is 5.60 Å². The second-order valence-electron chi connectivity index (χ2n) is 7.36. The topological polar surface area (TPSA) is 86.5 Å².